The van der Waals surface area contributed by atoms with Crippen LogP contribution in [0.1, 0.15) is 24.3 Å². The van der Waals surface area contributed by atoms with Crippen molar-refractivity contribution in [1.82, 2.24) is 20.0 Å². The van der Waals surface area contributed by atoms with Crippen LogP contribution in [0.15, 0.2) is 11.6 Å². The third-order valence-electron chi connectivity index (χ3n) is 2.28. The number of anilines is 2. The average molecular weight is 310 g/mol. The van der Waals surface area contributed by atoms with Gasteiger partial charge >= 0.3 is 5.97 Å². The summed E-state index contributed by atoms with van der Waals surface area (Å²) in [5, 5.41) is 12.1. The topological polar surface area (TPSA) is 125 Å². The molecule has 0 fully saturated rings. The highest BCUT2D eigenvalue weighted by Crippen LogP contribution is 2.12. The molecule has 0 aliphatic carbocycles. The SMILES string of the molecule is CC(C)OC(=O)c1nnn(CC(=O)Nc2nccs2)c1N. The van der Waals surface area contributed by atoms with E-state index >= 15 is 0 Å². The molecule has 0 saturated heterocycles. The van der Waals surface area contributed by atoms with Gasteiger partial charge in [0.1, 0.15) is 6.54 Å². The van der Waals surface area contributed by atoms with Crippen LogP contribution >= 0.6 is 11.3 Å². The molecule has 0 unspecified atom stereocenters. The minimum absolute atomic E-state index is 0.0186. The number of thiazole rings is 1. The van der Waals surface area contributed by atoms with E-state index in [1.165, 1.54) is 11.3 Å². The summed E-state index contributed by atoms with van der Waals surface area (Å²) in [4.78, 5) is 27.4. The van der Waals surface area contributed by atoms with Crippen LogP contribution in [0.5, 0.6) is 0 Å². The van der Waals surface area contributed by atoms with E-state index in [-0.39, 0.29) is 30.1 Å². The van der Waals surface area contributed by atoms with E-state index < -0.39 is 5.97 Å². The molecule has 21 heavy (non-hydrogen) atoms. The Morgan fingerprint density at radius 1 is 1.52 bits per heavy atom. The zero-order valence-corrected chi connectivity index (χ0v) is 12.3. The minimum Gasteiger partial charge on any atom is -0.458 e. The second kappa shape index (κ2) is 6.31. The quantitative estimate of drug-likeness (QED) is 0.771. The fourth-order valence-corrected chi connectivity index (χ4v) is 1.98. The van der Waals surface area contributed by atoms with Gasteiger partial charge in [-0.1, -0.05) is 5.21 Å². The molecule has 0 radical (unpaired) electrons. The zero-order chi connectivity index (χ0) is 15.4. The average Bonchev–Trinajstić information content (AvgIpc) is 3.00. The highest BCUT2D eigenvalue weighted by molar-refractivity contribution is 7.13. The number of carbonyl (C=O) groups is 2. The number of amides is 1. The third-order valence-corrected chi connectivity index (χ3v) is 2.97. The fourth-order valence-electron chi connectivity index (χ4n) is 1.43. The summed E-state index contributed by atoms with van der Waals surface area (Å²) in [5.74, 6) is -1.06. The molecule has 2 aromatic rings. The van der Waals surface area contributed by atoms with Gasteiger partial charge < -0.3 is 15.8 Å². The van der Waals surface area contributed by atoms with Crippen molar-refractivity contribution in [2.75, 3.05) is 11.1 Å². The van der Waals surface area contributed by atoms with Crippen LogP contribution in [0.25, 0.3) is 0 Å². The van der Waals surface area contributed by atoms with Crippen molar-refractivity contribution in [3.8, 4) is 0 Å². The van der Waals surface area contributed by atoms with Gasteiger partial charge in [0.2, 0.25) is 11.6 Å². The Labute approximate surface area is 124 Å². The second-order valence-electron chi connectivity index (χ2n) is 4.32. The predicted molar refractivity (Wildman–Crippen MR) is 75.7 cm³/mol. The molecule has 0 aliphatic heterocycles. The number of aromatic nitrogens is 4. The first-order chi connectivity index (χ1) is 9.97. The van der Waals surface area contributed by atoms with Crippen molar-refractivity contribution in [3.05, 3.63) is 17.3 Å². The molecule has 112 valence electrons. The first kappa shape index (κ1) is 14.9. The lowest BCUT2D eigenvalue weighted by molar-refractivity contribution is -0.116. The van der Waals surface area contributed by atoms with Gasteiger partial charge in [-0.2, -0.15) is 0 Å². The molecule has 0 saturated carbocycles. The number of nitrogens with one attached hydrogen (secondary N) is 1. The fraction of sp³-hybridized carbons (Fsp3) is 0.364. The van der Waals surface area contributed by atoms with Crippen LogP contribution in [0.2, 0.25) is 0 Å². The summed E-state index contributed by atoms with van der Waals surface area (Å²) >= 11 is 1.29. The molecular weight excluding hydrogens is 296 g/mol. The molecular formula is C11H14N6O3S. The second-order valence-corrected chi connectivity index (χ2v) is 5.22. The van der Waals surface area contributed by atoms with E-state index in [1.807, 2.05) is 0 Å². The lowest BCUT2D eigenvalue weighted by atomic mass is 10.4. The largest absolute Gasteiger partial charge is 0.458 e. The summed E-state index contributed by atoms with van der Waals surface area (Å²) in [7, 11) is 0. The van der Waals surface area contributed by atoms with Crippen LogP contribution < -0.4 is 11.1 Å². The molecule has 0 aliphatic rings. The van der Waals surface area contributed by atoms with Gasteiger partial charge in [-0.15, -0.1) is 16.4 Å². The van der Waals surface area contributed by atoms with E-state index in [9.17, 15) is 9.59 Å². The summed E-state index contributed by atoms with van der Waals surface area (Å²) in [5.41, 5.74) is 5.64. The van der Waals surface area contributed by atoms with Crippen molar-refractivity contribution in [2.24, 2.45) is 0 Å². The minimum atomic E-state index is -0.672. The number of esters is 1. The van der Waals surface area contributed by atoms with Gasteiger partial charge in [-0.3, -0.25) is 4.79 Å². The van der Waals surface area contributed by atoms with Crippen LogP contribution in [0, 0.1) is 0 Å². The zero-order valence-electron chi connectivity index (χ0n) is 11.4. The molecule has 0 atom stereocenters. The van der Waals surface area contributed by atoms with Crippen molar-refractivity contribution in [2.45, 2.75) is 26.5 Å². The highest BCUT2D eigenvalue weighted by Gasteiger charge is 2.21. The predicted octanol–water partition coefficient (Wildman–Crippen LogP) is 0.521. The van der Waals surface area contributed by atoms with Gasteiger partial charge in [0.05, 0.1) is 6.10 Å². The van der Waals surface area contributed by atoms with E-state index in [0.717, 1.165) is 4.68 Å². The number of nitrogens with two attached hydrogens (primary N) is 1. The van der Waals surface area contributed by atoms with Gasteiger partial charge in [-0.25, -0.2) is 14.5 Å². The van der Waals surface area contributed by atoms with Gasteiger partial charge in [0.25, 0.3) is 0 Å². The number of ether oxygens (including phenoxy) is 1. The molecule has 3 N–H and O–H groups in total. The highest BCUT2D eigenvalue weighted by atomic mass is 32.1. The first-order valence-electron chi connectivity index (χ1n) is 6.06. The molecule has 0 spiro atoms. The summed E-state index contributed by atoms with van der Waals surface area (Å²) < 4.78 is 6.10. The number of carbonyl (C=O) groups excluding carboxylic acids is 2. The van der Waals surface area contributed by atoms with Gasteiger partial charge in [0.15, 0.2) is 10.9 Å². The van der Waals surface area contributed by atoms with Crippen molar-refractivity contribution >= 4 is 34.2 Å². The lowest BCUT2D eigenvalue weighted by Gasteiger charge is -2.06. The maximum atomic E-state index is 11.8. The smallest absolute Gasteiger partial charge is 0.363 e. The molecule has 2 heterocycles. The molecule has 2 rings (SSSR count). The van der Waals surface area contributed by atoms with Crippen molar-refractivity contribution in [3.63, 3.8) is 0 Å². The van der Waals surface area contributed by atoms with Crippen LogP contribution in [-0.2, 0) is 16.1 Å². The normalized spacial score (nSPS) is 10.6. The number of nitrogens with zero attached hydrogens (tertiary/aromatic N) is 4. The van der Waals surface area contributed by atoms with E-state index in [4.69, 9.17) is 10.5 Å². The molecule has 0 aromatic carbocycles. The van der Waals surface area contributed by atoms with E-state index in [2.05, 4.69) is 20.6 Å². The Bertz CT molecular complexity index is 636. The van der Waals surface area contributed by atoms with Crippen molar-refractivity contribution < 1.29 is 14.3 Å². The maximum absolute atomic E-state index is 11.8. The van der Waals surface area contributed by atoms with E-state index in [0.29, 0.717) is 5.13 Å². The number of nitrogen functional groups attached to an aromatic ring is 1. The summed E-state index contributed by atoms with van der Waals surface area (Å²) in [6, 6.07) is 0. The molecule has 2 aromatic heterocycles. The first-order valence-corrected chi connectivity index (χ1v) is 6.94. The molecule has 0 bridgehead atoms. The van der Waals surface area contributed by atoms with Crippen LogP contribution in [-0.4, -0.2) is 38.0 Å². The summed E-state index contributed by atoms with van der Waals surface area (Å²) in [6.07, 6.45) is 1.28. The van der Waals surface area contributed by atoms with Crippen LogP contribution in [0.4, 0.5) is 10.9 Å². The Morgan fingerprint density at radius 3 is 2.90 bits per heavy atom. The Kier molecular flexibility index (Phi) is 4.48. The van der Waals surface area contributed by atoms with Gasteiger partial charge in [-0.05, 0) is 13.8 Å². The van der Waals surface area contributed by atoms with E-state index in [1.54, 1.807) is 25.4 Å². The van der Waals surface area contributed by atoms with Crippen LogP contribution in [0.3, 0.4) is 0 Å². The number of rotatable bonds is 5. The standard InChI is InChI=1S/C11H14N6O3S/c1-6(2)20-10(19)8-9(12)17(16-15-8)5-7(18)14-11-13-3-4-21-11/h3-4,6H,5,12H2,1-2H3,(H,13,14,18). The number of hydrogen-bond donors (Lipinski definition) is 2. The summed E-state index contributed by atoms with van der Waals surface area (Å²) in [6.45, 7) is 3.24. The molecule has 1 amide bonds. The maximum Gasteiger partial charge on any atom is 0.363 e. The Morgan fingerprint density at radius 2 is 2.29 bits per heavy atom. The van der Waals surface area contributed by atoms with Gasteiger partial charge in [0, 0.05) is 11.6 Å². The van der Waals surface area contributed by atoms with Crippen molar-refractivity contribution in [1.29, 1.82) is 0 Å². The Balaban J connectivity index is 2.03. The monoisotopic (exact) mass is 310 g/mol. The third kappa shape index (κ3) is 3.75. The molecule has 10 heteroatoms. The number of hydrogen-bond acceptors (Lipinski definition) is 8. The molecule has 9 nitrogen and oxygen atoms in total. The Hall–Kier alpha value is -2.49. The lowest BCUT2D eigenvalue weighted by Crippen LogP contribution is -2.21.